The summed E-state index contributed by atoms with van der Waals surface area (Å²) in [5, 5.41) is 6.31. The number of hydrogen-bond acceptors (Lipinski definition) is 4. The van der Waals surface area contributed by atoms with Gasteiger partial charge in [-0.05, 0) is 0 Å². The number of carbonyl (C=O) groups excluding carboxylic acids is 1. The predicted molar refractivity (Wildman–Crippen MR) is 41.2 cm³/mol. The number of imidazole rings is 1. The minimum absolute atomic E-state index is 0.272. The van der Waals surface area contributed by atoms with Crippen molar-refractivity contribution in [3.8, 4) is 0 Å². The van der Waals surface area contributed by atoms with Crippen molar-refractivity contribution in [2.75, 3.05) is 7.05 Å². The van der Waals surface area contributed by atoms with E-state index in [-0.39, 0.29) is 11.6 Å². The zero-order valence-electron chi connectivity index (χ0n) is 6.33. The lowest BCUT2D eigenvalue weighted by atomic mass is 10.4. The maximum absolute atomic E-state index is 11.1. The van der Waals surface area contributed by atoms with Crippen molar-refractivity contribution in [2.24, 2.45) is 4.99 Å². The van der Waals surface area contributed by atoms with Gasteiger partial charge in [-0.3, -0.25) is 4.79 Å². The molecule has 61 valence electrons. The molecule has 1 radical (unpaired) electrons. The van der Waals surface area contributed by atoms with Gasteiger partial charge in [0.1, 0.15) is 0 Å². The summed E-state index contributed by atoms with van der Waals surface area (Å²) in [4.78, 5) is 21.6. The van der Waals surface area contributed by atoms with Gasteiger partial charge in [0.25, 0.3) is 0 Å². The molecule has 2 heterocycles. The number of aromatic amines is 1. The number of hydrogen-bond donors (Lipinski definition) is 2. The lowest BCUT2D eigenvalue weighted by Crippen LogP contribution is -2.35. The summed E-state index contributed by atoms with van der Waals surface area (Å²) in [5.74, 6) is 0.390. The van der Waals surface area contributed by atoms with E-state index in [2.05, 4.69) is 25.6 Å². The summed E-state index contributed by atoms with van der Waals surface area (Å²) in [6.45, 7) is 0. The summed E-state index contributed by atoms with van der Waals surface area (Å²) < 4.78 is 0. The molecule has 6 nitrogen and oxygen atoms in total. The number of aromatic nitrogens is 2. The summed E-state index contributed by atoms with van der Waals surface area (Å²) in [6, 6.07) is 0. The second kappa shape index (κ2) is 2.33. The Kier molecular flexibility index (Phi) is 1.33. The van der Waals surface area contributed by atoms with Crippen LogP contribution in [0.5, 0.6) is 0 Å². The molecule has 1 aromatic heterocycles. The minimum Gasteiger partial charge on any atom is -0.357 e. The van der Waals surface area contributed by atoms with Crippen molar-refractivity contribution in [3.05, 3.63) is 12.0 Å². The average molecular weight is 164 g/mol. The lowest BCUT2D eigenvalue weighted by Gasteiger charge is -2.07. The highest BCUT2D eigenvalue weighted by atomic mass is 16.2. The Morgan fingerprint density at radius 2 is 2.42 bits per heavy atom. The van der Waals surface area contributed by atoms with Gasteiger partial charge in [-0.2, -0.15) is 10.3 Å². The van der Waals surface area contributed by atoms with E-state index in [0.717, 1.165) is 0 Å². The first-order valence-corrected chi connectivity index (χ1v) is 3.37. The van der Waals surface area contributed by atoms with Gasteiger partial charge in [0.15, 0.2) is 11.5 Å². The van der Waals surface area contributed by atoms with Gasteiger partial charge < -0.3 is 10.3 Å². The van der Waals surface area contributed by atoms with Crippen molar-refractivity contribution >= 4 is 17.7 Å². The number of nitrogens with zero attached hydrogens (tertiary/aromatic N) is 3. The number of H-pyrrole nitrogens is 1. The van der Waals surface area contributed by atoms with Crippen LogP contribution in [0.15, 0.2) is 11.3 Å². The highest BCUT2D eigenvalue weighted by Gasteiger charge is 2.22. The molecular formula is C6H6N5O. The minimum atomic E-state index is -0.370. The fraction of sp³-hybridized carbons (Fsp3) is 0.167. The van der Waals surface area contributed by atoms with E-state index in [0.29, 0.717) is 11.8 Å². The van der Waals surface area contributed by atoms with Crippen LogP contribution < -0.4 is 10.6 Å². The van der Waals surface area contributed by atoms with Gasteiger partial charge in [0.05, 0.1) is 6.33 Å². The van der Waals surface area contributed by atoms with Crippen molar-refractivity contribution in [1.29, 1.82) is 0 Å². The Hall–Kier alpha value is -1.85. The number of amides is 1. The van der Waals surface area contributed by atoms with Crippen LogP contribution in [0.3, 0.4) is 0 Å². The molecule has 0 atom stereocenters. The first kappa shape index (κ1) is 6.84. The highest BCUT2D eigenvalue weighted by Crippen LogP contribution is 2.16. The topological polar surface area (TPSA) is 84.2 Å². The molecule has 0 bridgehead atoms. The predicted octanol–water partition coefficient (Wildman–Crippen LogP) is -0.625. The normalized spacial score (nSPS) is 14.8. The molecule has 0 saturated heterocycles. The van der Waals surface area contributed by atoms with E-state index in [1.54, 1.807) is 7.05 Å². The van der Waals surface area contributed by atoms with Crippen LogP contribution in [0.25, 0.3) is 0 Å². The van der Waals surface area contributed by atoms with Gasteiger partial charge in [-0.15, -0.1) is 0 Å². The molecule has 0 aromatic carbocycles. The molecule has 1 aromatic rings. The lowest BCUT2D eigenvalue weighted by molar-refractivity contribution is 0.0967. The second-order valence-electron chi connectivity index (χ2n) is 2.20. The van der Waals surface area contributed by atoms with Crippen molar-refractivity contribution < 1.29 is 4.79 Å². The van der Waals surface area contributed by atoms with Gasteiger partial charge in [0, 0.05) is 7.05 Å². The van der Waals surface area contributed by atoms with Crippen LogP contribution in [0.4, 0.5) is 5.82 Å². The fourth-order valence-electron chi connectivity index (χ4n) is 0.921. The van der Waals surface area contributed by atoms with Gasteiger partial charge in [0.2, 0.25) is 5.96 Å². The van der Waals surface area contributed by atoms with E-state index >= 15 is 0 Å². The number of rotatable bonds is 0. The molecular weight excluding hydrogens is 158 g/mol. The Bertz CT molecular complexity index is 353. The first-order chi connectivity index (χ1) is 5.81. The molecule has 1 amide bonds. The largest absolute Gasteiger partial charge is 0.357 e. The van der Waals surface area contributed by atoms with Crippen molar-refractivity contribution in [3.63, 3.8) is 0 Å². The number of nitrogens with one attached hydrogen (secondary N) is 2. The third kappa shape index (κ3) is 0.849. The standard InChI is InChI=1S/C6H6N5O/c1-7-6-10-4-3(5(12)11-6)8-2-9-4/h2H,1H3,(H,7,10)(H,8,9). The Morgan fingerprint density at radius 3 is 3.17 bits per heavy atom. The molecule has 1 aliphatic rings. The Balaban J connectivity index is 2.49. The van der Waals surface area contributed by atoms with Crippen molar-refractivity contribution in [1.82, 2.24) is 20.6 Å². The number of guanidine groups is 1. The molecule has 1 aliphatic heterocycles. The van der Waals surface area contributed by atoms with E-state index in [1.165, 1.54) is 6.33 Å². The van der Waals surface area contributed by atoms with E-state index in [1.807, 2.05) is 0 Å². The van der Waals surface area contributed by atoms with E-state index < -0.39 is 0 Å². The molecule has 0 aliphatic carbocycles. The summed E-state index contributed by atoms with van der Waals surface area (Å²) in [7, 11) is 1.65. The summed E-state index contributed by atoms with van der Waals surface area (Å²) >= 11 is 0. The SMILES string of the molecule is CNC1=Nc2[nH]cnc2C(=O)[N]1. The molecule has 0 spiro atoms. The van der Waals surface area contributed by atoms with Crippen LogP contribution in [-0.2, 0) is 0 Å². The number of carbonyl (C=O) groups is 1. The summed E-state index contributed by atoms with van der Waals surface area (Å²) in [5.41, 5.74) is 0.272. The van der Waals surface area contributed by atoms with Gasteiger partial charge >= 0.3 is 5.91 Å². The second-order valence-corrected chi connectivity index (χ2v) is 2.20. The van der Waals surface area contributed by atoms with E-state index in [4.69, 9.17) is 0 Å². The Labute approximate surface area is 68.1 Å². The van der Waals surface area contributed by atoms with Crippen LogP contribution in [0, 0.1) is 0 Å². The highest BCUT2D eigenvalue weighted by molar-refractivity contribution is 6.10. The van der Waals surface area contributed by atoms with Crippen molar-refractivity contribution in [2.45, 2.75) is 0 Å². The molecule has 0 unspecified atom stereocenters. The van der Waals surface area contributed by atoms with Crippen LogP contribution in [0.1, 0.15) is 10.5 Å². The maximum Gasteiger partial charge on any atom is 0.302 e. The third-order valence-electron chi connectivity index (χ3n) is 1.47. The van der Waals surface area contributed by atoms with Crippen LogP contribution in [-0.4, -0.2) is 28.9 Å². The fourth-order valence-corrected chi connectivity index (χ4v) is 0.921. The van der Waals surface area contributed by atoms with Gasteiger partial charge in [-0.25, -0.2) is 4.98 Å². The molecule has 0 saturated carbocycles. The maximum atomic E-state index is 11.1. The summed E-state index contributed by atoms with van der Waals surface area (Å²) in [6.07, 6.45) is 1.42. The molecule has 2 rings (SSSR count). The zero-order chi connectivity index (χ0) is 8.55. The van der Waals surface area contributed by atoms with Crippen LogP contribution >= 0.6 is 0 Å². The molecule has 2 N–H and O–H groups in total. The molecule has 12 heavy (non-hydrogen) atoms. The average Bonchev–Trinajstić information content (AvgIpc) is 2.52. The number of fused-ring (bicyclic) bond motifs is 1. The zero-order valence-corrected chi connectivity index (χ0v) is 6.33. The van der Waals surface area contributed by atoms with E-state index in [9.17, 15) is 4.79 Å². The smallest absolute Gasteiger partial charge is 0.302 e. The first-order valence-electron chi connectivity index (χ1n) is 3.37. The van der Waals surface area contributed by atoms with Crippen LogP contribution in [0.2, 0.25) is 0 Å². The monoisotopic (exact) mass is 164 g/mol. The van der Waals surface area contributed by atoms with Gasteiger partial charge in [-0.1, -0.05) is 0 Å². The molecule has 6 heteroatoms. The molecule has 0 fully saturated rings. The third-order valence-corrected chi connectivity index (χ3v) is 1.47. The number of aliphatic imine (C=N–C) groups is 1. The quantitative estimate of drug-likeness (QED) is 0.535. The Morgan fingerprint density at radius 1 is 1.58 bits per heavy atom.